The number of ether oxygens (including phenoxy) is 4. The fourth-order valence-electron chi connectivity index (χ4n) is 5.41. The Bertz CT molecular complexity index is 1370. The molecule has 2 atom stereocenters. The van der Waals surface area contributed by atoms with Crippen LogP contribution in [0.2, 0.25) is 0 Å². The van der Waals surface area contributed by atoms with Gasteiger partial charge in [0.15, 0.2) is 0 Å². The lowest BCUT2D eigenvalue weighted by Crippen LogP contribution is -2.75. The van der Waals surface area contributed by atoms with E-state index in [1.54, 1.807) is 19.1 Å². The van der Waals surface area contributed by atoms with E-state index in [1.165, 1.54) is 21.3 Å². The number of carbonyl (C=O) groups is 2. The van der Waals surface area contributed by atoms with Crippen molar-refractivity contribution in [2.45, 2.75) is 50.3 Å². The van der Waals surface area contributed by atoms with E-state index in [1.807, 2.05) is 38.1 Å². The first-order valence-corrected chi connectivity index (χ1v) is 14.9. The summed E-state index contributed by atoms with van der Waals surface area (Å²) in [5.74, 6) is -1.70. The topological polar surface area (TPSA) is 144 Å². The summed E-state index contributed by atoms with van der Waals surface area (Å²) in [5.41, 5.74) is 1.76. The van der Waals surface area contributed by atoms with Crippen molar-refractivity contribution in [3.05, 3.63) is 59.7 Å². The van der Waals surface area contributed by atoms with Crippen LogP contribution in [-0.4, -0.2) is 92.2 Å². The number of hydrogen-bond acceptors (Lipinski definition) is 8. The van der Waals surface area contributed by atoms with Crippen LogP contribution >= 0.6 is 0 Å². The number of nitrogens with zero attached hydrogens (tertiary/aromatic N) is 2. The van der Waals surface area contributed by atoms with E-state index in [0.717, 1.165) is 11.1 Å². The molecule has 2 aromatic carbocycles. The van der Waals surface area contributed by atoms with E-state index in [9.17, 15) is 18.0 Å². The van der Waals surface area contributed by atoms with E-state index < -0.39 is 46.6 Å². The van der Waals surface area contributed by atoms with Crippen LogP contribution < -0.4 is 10.1 Å². The third-order valence-electron chi connectivity index (χ3n) is 7.84. The first-order chi connectivity index (χ1) is 19.4. The van der Waals surface area contributed by atoms with Gasteiger partial charge in [0.25, 0.3) is 0 Å². The Balaban J connectivity index is 1.40. The van der Waals surface area contributed by atoms with Crippen LogP contribution in [0.15, 0.2) is 53.4 Å². The first kappa shape index (κ1) is 29.3. The van der Waals surface area contributed by atoms with Gasteiger partial charge in [-0.1, -0.05) is 31.2 Å². The van der Waals surface area contributed by atoms with Gasteiger partial charge in [-0.25, -0.2) is 13.2 Å². The van der Waals surface area contributed by atoms with Crippen LogP contribution in [0, 0.1) is 12.3 Å². The maximum absolute atomic E-state index is 14.1. The molecule has 41 heavy (non-hydrogen) atoms. The molecule has 4 fully saturated rings. The monoisotopic (exact) mass is 589 g/mol. The summed E-state index contributed by atoms with van der Waals surface area (Å²) < 4.78 is 53.4. The summed E-state index contributed by atoms with van der Waals surface area (Å²) in [6, 6.07) is 12.2. The lowest BCUT2D eigenvalue weighted by Gasteiger charge is -2.58. The second-order valence-electron chi connectivity index (χ2n) is 11.0. The van der Waals surface area contributed by atoms with Crippen molar-refractivity contribution in [3.63, 3.8) is 0 Å². The van der Waals surface area contributed by atoms with Crippen molar-refractivity contribution >= 4 is 22.0 Å². The van der Waals surface area contributed by atoms with E-state index in [4.69, 9.17) is 24.1 Å². The van der Waals surface area contributed by atoms with Crippen molar-refractivity contribution in [2.24, 2.45) is 5.41 Å². The lowest BCUT2D eigenvalue weighted by molar-refractivity contribution is -0.482. The molecule has 4 saturated heterocycles. The van der Waals surface area contributed by atoms with Gasteiger partial charge in [-0.3, -0.25) is 4.79 Å². The third kappa shape index (κ3) is 5.77. The maximum Gasteiger partial charge on any atom is 0.405 e. The fourth-order valence-corrected chi connectivity index (χ4v) is 7.09. The number of fused-ring (bicyclic) bond motifs is 3. The summed E-state index contributed by atoms with van der Waals surface area (Å²) >= 11 is 0. The summed E-state index contributed by atoms with van der Waals surface area (Å²) in [6.45, 7) is 6.39. The normalized spacial score (nSPS) is 28.3. The number of rotatable bonds is 8. The van der Waals surface area contributed by atoms with E-state index in [0.29, 0.717) is 32.2 Å². The SMILES string of the molecule is Cc1ccccc1COc1ccc(S(=O)(=O)N2CCN(C(=O)CNC(=O)O)C(C)C2C23OCC(C)(CO2)CO3)cc1. The molecule has 0 spiro atoms. The minimum Gasteiger partial charge on any atom is -0.489 e. The van der Waals surface area contributed by atoms with Gasteiger partial charge in [0.2, 0.25) is 15.9 Å². The van der Waals surface area contributed by atoms with Gasteiger partial charge in [0, 0.05) is 18.5 Å². The zero-order chi connectivity index (χ0) is 29.4. The molecule has 2 aromatic rings. The van der Waals surface area contributed by atoms with Crippen molar-refractivity contribution < 1.29 is 42.1 Å². The number of benzene rings is 2. The zero-order valence-electron chi connectivity index (χ0n) is 23.2. The van der Waals surface area contributed by atoms with Gasteiger partial charge < -0.3 is 34.3 Å². The molecule has 6 rings (SSSR count). The Hall–Kier alpha value is -3.23. The molecule has 4 aliphatic rings. The number of hydrogen-bond donors (Lipinski definition) is 2. The van der Waals surface area contributed by atoms with Gasteiger partial charge in [-0.05, 0) is 49.2 Å². The molecule has 4 aliphatic heterocycles. The number of carbonyl (C=O) groups excluding carboxylic acids is 1. The molecule has 2 amide bonds. The minimum atomic E-state index is -4.11. The smallest absolute Gasteiger partial charge is 0.405 e. The van der Waals surface area contributed by atoms with Gasteiger partial charge >= 0.3 is 12.1 Å². The highest BCUT2D eigenvalue weighted by molar-refractivity contribution is 7.89. The molecule has 0 aliphatic carbocycles. The number of aryl methyl sites for hydroxylation is 1. The summed E-state index contributed by atoms with van der Waals surface area (Å²) in [6.07, 6.45) is -1.33. The van der Waals surface area contributed by atoms with E-state index in [2.05, 4.69) is 5.32 Å². The average molecular weight is 590 g/mol. The van der Waals surface area contributed by atoms with Gasteiger partial charge in [-0.2, -0.15) is 4.31 Å². The molecule has 13 heteroatoms. The van der Waals surface area contributed by atoms with Crippen LogP contribution in [0.5, 0.6) is 5.75 Å². The molecule has 0 saturated carbocycles. The van der Waals surface area contributed by atoms with Crippen molar-refractivity contribution in [3.8, 4) is 5.75 Å². The standard InChI is InChI=1S/C28H35N3O9S/c1-19-6-4-5-7-21(19)15-37-22-8-10-23(11-9-22)41(35,36)31-13-12-30(24(32)14-29-26(33)34)20(2)25(31)28-38-16-27(3,17-39-28)18-40-28/h4-11,20,25,29H,12-18H2,1-3H3,(H,33,34). The largest absolute Gasteiger partial charge is 0.489 e. The average Bonchev–Trinajstić information content (AvgIpc) is 2.96. The van der Waals surface area contributed by atoms with Crippen molar-refractivity contribution in [1.82, 2.24) is 14.5 Å². The maximum atomic E-state index is 14.1. The summed E-state index contributed by atoms with van der Waals surface area (Å²) in [5, 5.41) is 11.0. The Labute approximate surface area is 239 Å². The van der Waals surface area contributed by atoms with Gasteiger partial charge in [-0.15, -0.1) is 0 Å². The Morgan fingerprint density at radius 2 is 1.68 bits per heavy atom. The molecule has 222 valence electrons. The molecular formula is C28H35N3O9S. The number of carboxylic acid groups (broad SMARTS) is 1. The molecule has 2 N–H and O–H groups in total. The van der Waals surface area contributed by atoms with E-state index in [-0.39, 0.29) is 23.4 Å². The predicted octanol–water partition coefficient (Wildman–Crippen LogP) is 2.17. The number of nitrogens with one attached hydrogen (secondary N) is 1. The Kier molecular flexibility index (Phi) is 8.01. The second-order valence-corrected chi connectivity index (χ2v) is 12.9. The number of sulfonamides is 1. The molecule has 12 nitrogen and oxygen atoms in total. The van der Waals surface area contributed by atoms with Crippen LogP contribution in [0.4, 0.5) is 4.79 Å². The second kappa shape index (κ2) is 11.2. The van der Waals surface area contributed by atoms with Crippen LogP contribution in [0.25, 0.3) is 0 Å². The minimum absolute atomic E-state index is 0.0399. The summed E-state index contributed by atoms with van der Waals surface area (Å²) in [4.78, 5) is 25.4. The number of piperazine rings is 1. The predicted molar refractivity (Wildman–Crippen MR) is 146 cm³/mol. The Morgan fingerprint density at radius 1 is 1.05 bits per heavy atom. The van der Waals surface area contributed by atoms with Crippen LogP contribution in [-0.2, 0) is 35.6 Å². The molecular weight excluding hydrogens is 554 g/mol. The number of amides is 2. The molecule has 0 aromatic heterocycles. The van der Waals surface area contributed by atoms with Gasteiger partial charge in [0.1, 0.15) is 24.9 Å². The molecule has 0 radical (unpaired) electrons. The highest BCUT2D eigenvalue weighted by Crippen LogP contribution is 2.44. The lowest BCUT2D eigenvalue weighted by atomic mass is 9.90. The van der Waals surface area contributed by atoms with Crippen LogP contribution in [0.1, 0.15) is 25.0 Å². The Morgan fingerprint density at radius 3 is 2.29 bits per heavy atom. The molecule has 4 heterocycles. The summed E-state index contributed by atoms with van der Waals surface area (Å²) in [7, 11) is -4.11. The molecule has 2 bridgehead atoms. The van der Waals surface area contributed by atoms with Crippen LogP contribution in [0.3, 0.4) is 0 Å². The third-order valence-corrected chi connectivity index (χ3v) is 9.74. The molecule has 2 unspecified atom stereocenters. The first-order valence-electron chi connectivity index (χ1n) is 13.4. The van der Waals surface area contributed by atoms with Crippen molar-refractivity contribution in [1.29, 1.82) is 0 Å². The highest BCUT2D eigenvalue weighted by atomic mass is 32.2. The zero-order valence-corrected chi connectivity index (χ0v) is 24.1. The van der Waals surface area contributed by atoms with Crippen molar-refractivity contribution in [2.75, 3.05) is 39.5 Å². The quantitative estimate of drug-likeness (QED) is 0.473. The van der Waals surface area contributed by atoms with Gasteiger partial charge in [0.05, 0.1) is 30.8 Å². The fraction of sp³-hybridized carbons (Fsp3) is 0.500. The van der Waals surface area contributed by atoms with E-state index >= 15 is 0 Å². The highest BCUT2D eigenvalue weighted by Gasteiger charge is 2.62.